The molecule has 0 saturated carbocycles. The molecule has 0 aliphatic rings. The highest BCUT2D eigenvalue weighted by molar-refractivity contribution is 5.94. The standard InChI is InChI=1S/C14H19F2NO/c1-9(8-14(2,3)4)17-13(18)12-10(15)6-5-7-11(12)16/h5-7,9H,8H2,1-4H3,(H,17,18). The molecule has 0 aliphatic heterocycles. The van der Waals surface area contributed by atoms with Gasteiger partial charge >= 0.3 is 0 Å². The van der Waals surface area contributed by atoms with Crippen LogP contribution in [-0.4, -0.2) is 11.9 Å². The predicted octanol–water partition coefficient (Wildman–Crippen LogP) is 3.52. The Labute approximate surface area is 106 Å². The Bertz CT molecular complexity index is 418. The van der Waals surface area contributed by atoms with Gasteiger partial charge in [-0.1, -0.05) is 26.8 Å². The lowest BCUT2D eigenvalue weighted by Crippen LogP contribution is -2.36. The molecule has 4 heteroatoms. The highest BCUT2D eigenvalue weighted by Gasteiger charge is 2.21. The minimum absolute atomic E-state index is 0.0421. The summed E-state index contributed by atoms with van der Waals surface area (Å²) in [5, 5.41) is 2.62. The van der Waals surface area contributed by atoms with Crippen molar-refractivity contribution in [1.82, 2.24) is 5.32 Å². The Morgan fingerprint density at radius 2 is 1.78 bits per heavy atom. The SMILES string of the molecule is CC(CC(C)(C)C)NC(=O)c1c(F)cccc1F. The number of benzene rings is 1. The highest BCUT2D eigenvalue weighted by atomic mass is 19.1. The predicted molar refractivity (Wildman–Crippen MR) is 67.4 cm³/mol. The van der Waals surface area contributed by atoms with Crippen LogP contribution in [0, 0.1) is 17.0 Å². The summed E-state index contributed by atoms with van der Waals surface area (Å²) in [7, 11) is 0. The first-order valence-corrected chi connectivity index (χ1v) is 5.95. The number of halogens is 2. The second kappa shape index (κ2) is 5.46. The van der Waals surface area contributed by atoms with Crippen LogP contribution in [0.25, 0.3) is 0 Å². The molecule has 18 heavy (non-hydrogen) atoms. The van der Waals surface area contributed by atoms with E-state index in [0.717, 1.165) is 18.6 Å². The quantitative estimate of drug-likeness (QED) is 0.879. The smallest absolute Gasteiger partial charge is 0.257 e. The number of rotatable bonds is 3. The Kier molecular flexibility index (Phi) is 4.43. The van der Waals surface area contributed by atoms with Crippen LogP contribution in [0.4, 0.5) is 8.78 Å². The highest BCUT2D eigenvalue weighted by Crippen LogP contribution is 2.21. The lowest BCUT2D eigenvalue weighted by Gasteiger charge is -2.24. The summed E-state index contributed by atoms with van der Waals surface area (Å²) >= 11 is 0. The fraction of sp³-hybridized carbons (Fsp3) is 0.500. The molecule has 1 rings (SSSR count). The maximum atomic E-state index is 13.4. The molecule has 1 unspecified atom stereocenters. The van der Waals surface area contributed by atoms with Crippen LogP contribution < -0.4 is 5.32 Å². The Morgan fingerprint density at radius 3 is 2.22 bits per heavy atom. The fourth-order valence-corrected chi connectivity index (χ4v) is 1.98. The van der Waals surface area contributed by atoms with E-state index in [1.165, 1.54) is 6.07 Å². The van der Waals surface area contributed by atoms with E-state index in [-0.39, 0.29) is 11.5 Å². The molecule has 0 spiro atoms. The first-order chi connectivity index (χ1) is 8.20. The number of hydrogen-bond acceptors (Lipinski definition) is 1. The van der Waals surface area contributed by atoms with Gasteiger partial charge in [-0.15, -0.1) is 0 Å². The van der Waals surface area contributed by atoms with Gasteiger partial charge in [-0.05, 0) is 30.9 Å². The van der Waals surface area contributed by atoms with Gasteiger partial charge in [-0.2, -0.15) is 0 Å². The summed E-state index contributed by atoms with van der Waals surface area (Å²) in [6, 6.07) is 3.25. The largest absolute Gasteiger partial charge is 0.349 e. The van der Waals surface area contributed by atoms with E-state index in [4.69, 9.17) is 0 Å². The average molecular weight is 255 g/mol. The Morgan fingerprint density at radius 1 is 1.28 bits per heavy atom. The van der Waals surface area contributed by atoms with Gasteiger partial charge in [0.25, 0.3) is 5.91 Å². The molecule has 0 heterocycles. The van der Waals surface area contributed by atoms with Crippen LogP contribution in [0.3, 0.4) is 0 Å². The van der Waals surface area contributed by atoms with Crippen LogP contribution in [0.1, 0.15) is 44.5 Å². The van der Waals surface area contributed by atoms with E-state index in [0.29, 0.717) is 0 Å². The van der Waals surface area contributed by atoms with Gasteiger partial charge in [0.15, 0.2) is 0 Å². The topological polar surface area (TPSA) is 29.1 Å². The molecule has 100 valence electrons. The van der Waals surface area contributed by atoms with E-state index >= 15 is 0 Å². The molecule has 0 aromatic heterocycles. The van der Waals surface area contributed by atoms with Crippen molar-refractivity contribution in [1.29, 1.82) is 0 Å². The van der Waals surface area contributed by atoms with E-state index in [1.54, 1.807) is 0 Å². The number of carbonyl (C=O) groups excluding carboxylic acids is 1. The third-order valence-corrected chi connectivity index (χ3v) is 2.49. The molecule has 0 fully saturated rings. The molecule has 1 amide bonds. The van der Waals surface area contributed by atoms with Gasteiger partial charge in [-0.25, -0.2) is 8.78 Å². The summed E-state index contributed by atoms with van der Waals surface area (Å²) in [5.74, 6) is -2.38. The van der Waals surface area contributed by atoms with Crippen molar-refractivity contribution in [3.8, 4) is 0 Å². The molecule has 0 radical (unpaired) electrons. The molecule has 0 aliphatic carbocycles. The van der Waals surface area contributed by atoms with Gasteiger partial charge < -0.3 is 5.32 Å². The van der Waals surface area contributed by atoms with Crippen molar-refractivity contribution < 1.29 is 13.6 Å². The monoisotopic (exact) mass is 255 g/mol. The van der Waals surface area contributed by atoms with Crippen molar-refractivity contribution in [2.75, 3.05) is 0 Å². The van der Waals surface area contributed by atoms with E-state index < -0.39 is 23.1 Å². The Balaban J connectivity index is 2.77. The number of carbonyl (C=O) groups is 1. The van der Waals surface area contributed by atoms with Crippen molar-refractivity contribution in [3.63, 3.8) is 0 Å². The number of amides is 1. The molecule has 2 nitrogen and oxygen atoms in total. The molecule has 1 atom stereocenters. The lowest BCUT2D eigenvalue weighted by molar-refractivity contribution is 0.0922. The van der Waals surface area contributed by atoms with Gasteiger partial charge in [-0.3, -0.25) is 4.79 Å². The van der Waals surface area contributed by atoms with Crippen LogP contribution in [-0.2, 0) is 0 Å². The van der Waals surface area contributed by atoms with Gasteiger partial charge in [0.1, 0.15) is 17.2 Å². The second-order valence-electron chi connectivity index (χ2n) is 5.74. The first-order valence-electron chi connectivity index (χ1n) is 5.95. The molecular weight excluding hydrogens is 236 g/mol. The summed E-state index contributed by atoms with van der Waals surface area (Å²) in [6.45, 7) is 7.94. The van der Waals surface area contributed by atoms with Gasteiger partial charge in [0.05, 0.1) is 0 Å². The minimum atomic E-state index is -0.838. The van der Waals surface area contributed by atoms with E-state index in [9.17, 15) is 13.6 Å². The van der Waals surface area contributed by atoms with Gasteiger partial charge in [0, 0.05) is 6.04 Å². The maximum Gasteiger partial charge on any atom is 0.257 e. The molecule has 1 aromatic rings. The summed E-state index contributed by atoms with van der Waals surface area (Å²) in [6.07, 6.45) is 0.731. The zero-order valence-electron chi connectivity index (χ0n) is 11.2. The first kappa shape index (κ1) is 14.6. The summed E-state index contributed by atoms with van der Waals surface area (Å²) < 4.78 is 26.8. The van der Waals surface area contributed by atoms with Crippen molar-refractivity contribution in [2.24, 2.45) is 5.41 Å². The second-order valence-corrected chi connectivity index (χ2v) is 5.74. The average Bonchev–Trinajstić information content (AvgIpc) is 2.13. The zero-order chi connectivity index (χ0) is 13.9. The van der Waals surface area contributed by atoms with Crippen molar-refractivity contribution in [3.05, 3.63) is 35.4 Å². The van der Waals surface area contributed by atoms with Crippen molar-refractivity contribution in [2.45, 2.75) is 40.2 Å². The van der Waals surface area contributed by atoms with Gasteiger partial charge in [0.2, 0.25) is 0 Å². The zero-order valence-corrected chi connectivity index (χ0v) is 11.2. The lowest BCUT2D eigenvalue weighted by atomic mass is 9.88. The van der Waals surface area contributed by atoms with Crippen molar-refractivity contribution >= 4 is 5.91 Å². The number of nitrogens with one attached hydrogen (secondary N) is 1. The van der Waals surface area contributed by atoms with Crippen LogP contribution >= 0.6 is 0 Å². The Hall–Kier alpha value is -1.45. The normalized spacial score (nSPS) is 13.2. The third-order valence-electron chi connectivity index (χ3n) is 2.49. The maximum absolute atomic E-state index is 13.4. The number of hydrogen-bond donors (Lipinski definition) is 1. The molecule has 0 saturated heterocycles. The summed E-state index contributed by atoms with van der Waals surface area (Å²) in [4.78, 5) is 11.8. The fourth-order valence-electron chi connectivity index (χ4n) is 1.98. The molecule has 1 aromatic carbocycles. The van der Waals surface area contributed by atoms with E-state index in [2.05, 4.69) is 5.32 Å². The van der Waals surface area contributed by atoms with Crippen LogP contribution in [0.2, 0.25) is 0 Å². The van der Waals surface area contributed by atoms with Crippen LogP contribution in [0.15, 0.2) is 18.2 Å². The molecular formula is C14H19F2NO. The summed E-state index contributed by atoms with van der Waals surface area (Å²) in [5.41, 5.74) is -0.473. The minimum Gasteiger partial charge on any atom is -0.349 e. The molecule has 0 bridgehead atoms. The van der Waals surface area contributed by atoms with E-state index in [1.807, 2.05) is 27.7 Å². The van der Waals surface area contributed by atoms with Crippen LogP contribution in [0.5, 0.6) is 0 Å². The molecule has 1 N–H and O–H groups in total. The third kappa shape index (κ3) is 4.09.